The monoisotopic (exact) mass is 581 g/mol. The van der Waals surface area contributed by atoms with E-state index in [1.165, 1.54) is 37.1 Å². The number of rotatable bonds is 3. The van der Waals surface area contributed by atoms with Crippen LogP contribution in [0.3, 0.4) is 0 Å². The third-order valence-corrected chi connectivity index (χ3v) is 6.87. The van der Waals surface area contributed by atoms with Crippen LogP contribution < -0.4 is 14.9 Å². The number of alkyl halides is 3. The van der Waals surface area contributed by atoms with E-state index in [1.807, 2.05) is 30.3 Å². The first-order chi connectivity index (χ1) is 17.6. The number of sulfonamides is 1. The molecule has 0 unspecified atom stereocenters. The molecule has 3 aromatic rings. The van der Waals surface area contributed by atoms with Crippen molar-refractivity contribution in [1.29, 1.82) is 5.26 Å². The van der Waals surface area contributed by atoms with Gasteiger partial charge in [-0.05, 0) is 62.5 Å². The van der Waals surface area contributed by atoms with E-state index in [2.05, 4.69) is 4.98 Å². The van der Waals surface area contributed by atoms with Gasteiger partial charge in [0.05, 0.1) is 34.8 Å². The summed E-state index contributed by atoms with van der Waals surface area (Å²) >= 11 is 10.9. The smallest absolute Gasteiger partial charge is 0.302 e. The molecule has 0 saturated carbocycles. The van der Waals surface area contributed by atoms with Gasteiger partial charge in [0.2, 0.25) is 10.0 Å². The summed E-state index contributed by atoms with van der Waals surface area (Å²) in [6, 6.07) is 14.9. The molecule has 1 fully saturated rings. The van der Waals surface area contributed by atoms with Gasteiger partial charge in [-0.15, -0.1) is 0 Å². The Morgan fingerprint density at radius 3 is 2.21 bits per heavy atom. The molecule has 4 rings (SSSR count). The summed E-state index contributed by atoms with van der Waals surface area (Å²) in [5.41, 5.74) is -3.27. The zero-order valence-corrected chi connectivity index (χ0v) is 22.2. The van der Waals surface area contributed by atoms with E-state index < -0.39 is 38.8 Å². The number of aromatic nitrogens is 1. The predicted octanol–water partition coefficient (Wildman–Crippen LogP) is 4.88. The molecule has 0 bridgehead atoms. The summed E-state index contributed by atoms with van der Waals surface area (Å²) in [7, 11) is -4.11. The number of thiocarbonyl (C=S) groups is 1. The van der Waals surface area contributed by atoms with Crippen LogP contribution in [0.2, 0.25) is 5.02 Å². The highest BCUT2D eigenvalue weighted by Crippen LogP contribution is 2.39. The number of nitriles is 1. The molecule has 1 aromatic heterocycles. The first-order valence-electron chi connectivity index (χ1n) is 10.6. The molecular weight excluding hydrogens is 563 g/mol. The molecule has 0 radical (unpaired) electrons. The Morgan fingerprint density at radius 1 is 1.08 bits per heavy atom. The minimum atomic E-state index is -4.82. The van der Waals surface area contributed by atoms with Crippen LogP contribution in [0, 0.1) is 11.3 Å². The number of pyridine rings is 1. The third-order valence-electron chi connectivity index (χ3n) is 5.37. The van der Waals surface area contributed by atoms with Crippen molar-refractivity contribution in [2.24, 2.45) is 5.14 Å². The number of carbonyl (C=O) groups is 1. The summed E-state index contributed by atoms with van der Waals surface area (Å²) in [6.45, 7) is 2.94. The standard InChI is InChI=1S/C18H14F3N5O3S2.C6H5Cl/c1-17(2)15(27)25(11-4-3-10(7-22)14(6-11)18(19,20)21)16(30)26(17)12-5-13(9-24-8-12)31(23,28)29;7-6-4-2-1-3-5-6/h3-6,8-9H,1-2H3,(H2,23,28,29);1-5H. The number of anilines is 2. The number of hydrogen-bond acceptors (Lipinski definition) is 6. The molecule has 198 valence electrons. The Bertz CT molecular complexity index is 1540. The second-order valence-electron chi connectivity index (χ2n) is 8.38. The first kappa shape index (κ1) is 29.0. The van der Waals surface area contributed by atoms with Crippen LogP contribution in [-0.2, 0) is 21.0 Å². The topological polar surface area (TPSA) is 120 Å². The minimum Gasteiger partial charge on any atom is -0.302 e. The van der Waals surface area contributed by atoms with Gasteiger partial charge < -0.3 is 4.90 Å². The van der Waals surface area contributed by atoms with E-state index in [9.17, 15) is 26.4 Å². The Hall–Kier alpha value is -3.57. The van der Waals surface area contributed by atoms with E-state index in [4.69, 9.17) is 34.2 Å². The largest absolute Gasteiger partial charge is 0.417 e. The Labute approximate surface area is 227 Å². The van der Waals surface area contributed by atoms with Crippen LogP contribution in [0.4, 0.5) is 24.5 Å². The van der Waals surface area contributed by atoms with Gasteiger partial charge in [0.15, 0.2) is 5.11 Å². The Morgan fingerprint density at radius 2 is 1.71 bits per heavy atom. The Balaban J connectivity index is 0.000000494. The summed E-state index contributed by atoms with van der Waals surface area (Å²) in [5, 5.41) is 14.7. The van der Waals surface area contributed by atoms with E-state index >= 15 is 0 Å². The van der Waals surface area contributed by atoms with Crippen LogP contribution in [0.25, 0.3) is 0 Å². The number of carbonyl (C=O) groups excluding carboxylic acids is 1. The van der Waals surface area contributed by atoms with Crippen molar-refractivity contribution in [3.63, 3.8) is 0 Å². The molecule has 0 spiro atoms. The Kier molecular flexibility index (Phi) is 8.13. The third kappa shape index (κ3) is 5.94. The normalized spacial score (nSPS) is 15.1. The minimum absolute atomic E-state index is 0.113. The number of amides is 1. The van der Waals surface area contributed by atoms with E-state index in [1.54, 1.807) is 0 Å². The van der Waals surface area contributed by atoms with Crippen molar-refractivity contribution in [2.45, 2.75) is 30.5 Å². The van der Waals surface area contributed by atoms with Crippen molar-refractivity contribution in [2.75, 3.05) is 9.80 Å². The highest BCUT2D eigenvalue weighted by molar-refractivity contribution is 7.89. The van der Waals surface area contributed by atoms with Gasteiger partial charge >= 0.3 is 6.18 Å². The number of hydrogen-bond donors (Lipinski definition) is 1. The number of nitrogens with two attached hydrogens (primary N) is 1. The van der Waals surface area contributed by atoms with Crippen molar-refractivity contribution in [3.05, 3.63) is 83.1 Å². The SMILES string of the molecule is CC1(C)C(=O)N(c2ccc(C#N)c(C(F)(F)F)c2)C(=S)N1c1cncc(S(N)(=O)=O)c1.Clc1ccccc1. The zero-order valence-electron chi connectivity index (χ0n) is 19.8. The van der Waals surface area contributed by atoms with Crippen LogP contribution in [0.1, 0.15) is 25.0 Å². The lowest BCUT2D eigenvalue weighted by atomic mass is 10.0. The summed E-state index contributed by atoms with van der Waals surface area (Å²) in [4.78, 5) is 18.8. The molecular formula is C24H19ClF3N5O3S2. The molecule has 38 heavy (non-hydrogen) atoms. The average Bonchev–Trinajstić information content (AvgIpc) is 3.02. The van der Waals surface area contributed by atoms with Crippen molar-refractivity contribution in [3.8, 4) is 6.07 Å². The maximum atomic E-state index is 13.4. The lowest BCUT2D eigenvalue weighted by molar-refractivity contribution is -0.137. The fraction of sp³-hybridized carbons (Fsp3) is 0.167. The second-order valence-corrected chi connectivity index (χ2v) is 10.7. The molecule has 8 nitrogen and oxygen atoms in total. The van der Waals surface area contributed by atoms with E-state index in [0.29, 0.717) is 6.07 Å². The molecule has 1 aliphatic heterocycles. The molecule has 1 amide bonds. The highest BCUT2D eigenvalue weighted by Gasteiger charge is 2.51. The number of nitrogens with zero attached hydrogens (tertiary/aromatic N) is 4. The van der Waals surface area contributed by atoms with Crippen molar-refractivity contribution < 1.29 is 26.4 Å². The zero-order chi connectivity index (χ0) is 28.5. The maximum Gasteiger partial charge on any atom is 0.417 e. The fourth-order valence-electron chi connectivity index (χ4n) is 3.56. The fourth-order valence-corrected chi connectivity index (χ4v) is 4.72. The molecule has 14 heteroatoms. The van der Waals surface area contributed by atoms with Gasteiger partial charge in [-0.25, -0.2) is 13.6 Å². The van der Waals surface area contributed by atoms with Gasteiger partial charge in [-0.1, -0.05) is 29.8 Å². The molecule has 2 heterocycles. The lowest BCUT2D eigenvalue weighted by Gasteiger charge is -2.29. The predicted molar refractivity (Wildman–Crippen MR) is 140 cm³/mol. The first-order valence-corrected chi connectivity index (χ1v) is 12.9. The van der Waals surface area contributed by atoms with Crippen LogP contribution >= 0.6 is 23.8 Å². The second kappa shape index (κ2) is 10.7. The lowest BCUT2D eigenvalue weighted by Crippen LogP contribution is -2.44. The number of halogens is 4. The van der Waals surface area contributed by atoms with Gasteiger partial charge in [-0.3, -0.25) is 14.7 Å². The quantitative estimate of drug-likeness (QED) is 0.438. The molecule has 1 saturated heterocycles. The van der Waals surface area contributed by atoms with Gasteiger partial charge in [-0.2, -0.15) is 18.4 Å². The molecule has 1 aliphatic rings. The molecule has 0 atom stereocenters. The summed E-state index contributed by atoms with van der Waals surface area (Å²) in [5.74, 6) is -0.656. The summed E-state index contributed by atoms with van der Waals surface area (Å²) < 4.78 is 63.4. The van der Waals surface area contributed by atoms with E-state index in [0.717, 1.165) is 28.3 Å². The van der Waals surface area contributed by atoms with Gasteiger partial charge in [0.25, 0.3) is 5.91 Å². The van der Waals surface area contributed by atoms with Crippen molar-refractivity contribution >= 4 is 56.2 Å². The molecule has 0 aliphatic carbocycles. The van der Waals surface area contributed by atoms with Gasteiger partial charge in [0.1, 0.15) is 10.4 Å². The van der Waals surface area contributed by atoms with Crippen LogP contribution in [-0.4, -0.2) is 30.0 Å². The van der Waals surface area contributed by atoms with Crippen LogP contribution in [0.15, 0.2) is 71.9 Å². The van der Waals surface area contributed by atoms with Crippen LogP contribution in [0.5, 0.6) is 0 Å². The van der Waals surface area contributed by atoms with Crippen molar-refractivity contribution in [1.82, 2.24) is 4.98 Å². The highest BCUT2D eigenvalue weighted by atomic mass is 35.5. The number of benzene rings is 2. The molecule has 2 aromatic carbocycles. The number of primary sulfonamides is 1. The molecule has 2 N–H and O–H groups in total. The maximum absolute atomic E-state index is 13.4. The van der Waals surface area contributed by atoms with E-state index in [-0.39, 0.29) is 21.4 Å². The summed E-state index contributed by atoms with van der Waals surface area (Å²) in [6.07, 6.45) is -2.56. The van der Waals surface area contributed by atoms with Gasteiger partial charge in [0, 0.05) is 11.2 Å². The average molecular weight is 582 g/mol.